The number of imidazole rings is 1. The quantitative estimate of drug-likeness (QED) is 0.644. The molecule has 0 aliphatic heterocycles. The molecule has 9 heteroatoms. The van der Waals surface area contributed by atoms with Crippen molar-refractivity contribution in [2.24, 2.45) is 14.1 Å². The summed E-state index contributed by atoms with van der Waals surface area (Å²) in [6, 6.07) is 0. The van der Waals surface area contributed by atoms with E-state index >= 15 is 0 Å². The maximum absolute atomic E-state index is 12.0. The predicted octanol–water partition coefficient (Wildman–Crippen LogP) is -1.90. The van der Waals surface area contributed by atoms with Gasteiger partial charge in [-0.25, -0.2) is 4.79 Å². The molecular formula is C9H11N5O4. The molecule has 2 aromatic heterocycles. The SMILES string of the molecule is Cn1c(=O)c2c(nc(N)n2CC(=O)O)n(C)c1=O. The highest BCUT2D eigenvalue weighted by Crippen LogP contribution is 2.11. The van der Waals surface area contributed by atoms with Crippen molar-refractivity contribution in [3.63, 3.8) is 0 Å². The summed E-state index contributed by atoms with van der Waals surface area (Å²) in [5, 5.41) is 8.77. The highest BCUT2D eigenvalue weighted by molar-refractivity contribution is 5.77. The number of carbonyl (C=O) groups is 1. The van der Waals surface area contributed by atoms with E-state index in [1.54, 1.807) is 0 Å². The molecule has 0 aromatic carbocycles. The summed E-state index contributed by atoms with van der Waals surface area (Å²) in [6.45, 7) is -0.490. The number of nitrogens with zero attached hydrogens (tertiary/aromatic N) is 4. The number of hydrogen-bond acceptors (Lipinski definition) is 5. The van der Waals surface area contributed by atoms with Crippen LogP contribution in [0.5, 0.6) is 0 Å². The van der Waals surface area contributed by atoms with Crippen LogP contribution in [0.2, 0.25) is 0 Å². The van der Waals surface area contributed by atoms with Crippen LogP contribution in [0.3, 0.4) is 0 Å². The van der Waals surface area contributed by atoms with Gasteiger partial charge in [-0.2, -0.15) is 4.98 Å². The Bertz CT molecular complexity index is 766. The number of carboxylic acids is 1. The molecule has 0 aliphatic carbocycles. The monoisotopic (exact) mass is 253 g/mol. The Balaban J connectivity index is 2.99. The second-order valence-corrected chi connectivity index (χ2v) is 3.83. The van der Waals surface area contributed by atoms with Crippen molar-refractivity contribution in [1.82, 2.24) is 18.7 Å². The van der Waals surface area contributed by atoms with E-state index in [1.807, 2.05) is 0 Å². The summed E-state index contributed by atoms with van der Waals surface area (Å²) >= 11 is 0. The van der Waals surface area contributed by atoms with E-state index in [4.69, 9.17) is 10.8 Å². The third-order valence-corrected chi connectivity index (χ3v) is 2.67. The molecule has 2 aromatic rings. The molecule has 96 valence electrons. The van der Waals surface area contributed by atoms with Crippen molar-refractivity contribution >= 4 is 23.1 Å². The molecule has 2 rings (SSSR count). The van der Waals surface area contributed by atoms with Crippen molar-refractivity contribution < 1.29 is 9.90 Å². The van der Waals surface area contributed by atoms with E-state index in [9.17, 15) is 14.4 Å². The summed E-state index contributed by atoms with van der Waals surface area (Å²) in [5.74, 6) is -1.28. The molecular weight excluding hydrogens is 242 g/mol. The lowest BCUT2D eigenvalue weighted by Crippen LogP contribution is -2.37. The molecule has 9 nitrogen and oxygen atoms in total. The first-order chi connectivity index (χ1) is 8.34. The second-order valence-electron chi connectivity index (χ2n) is 3.83. The van der Waals surface area contributed by atoms with E-state index in [1.165, 1.54) is 14.1 Å². The number of anilines is 1. The molecule has 0 aliphatic rings. The predicted molar refractivity (Wildman–Crippen MR) is 62.3 cm³/mol. The van der Waals surface area contributed by atoms with Crippen molar-refractivity contribution in [1.29, 1.82) is 0 Å². The van der Waals surface area contributed by atoms with Gasteiger partial charge in [-0.15, -0.1) is 0 Å². The number of aryl methyl sites for hydroxylation is 1. The number of aliphatic carboxylic acids is 1. The van der Waals surface area contributed by atoms with Gasteiger partial charge in [-0.05, 0) is 0 Å². The van der Waals surface area contributed by atoms with Gasteiger partial charge >= 0.3 is 11.7 Å². The zero-order valence-corrected chi connectivity index (χ0v) is 9.75. The normalized spacial score (nSPS) is 11.0. The molecule has 0 spiro atoms. The minimum atomic E-state index is -1.16. The van der Waals surface area contributed by atoms with Gasteiger partial charge in [0, 0.05) is 14.1 Å². The van der Waals surface area contributed by atoms with Crippen LogP contribution in [0, 0.1) is 0 Å². The molecule has 0 amide bonds. The largest absolute Gasteiger partial charge is 0.480 e. The van der Waals surface area contributed by atoms with Gasteiger partial charge in [0.1, 0.15) is 6.54 Å². The van der Waals surface area contributed by atoms with Crippen LogP contribution in [0.4, 0.5) is 5.95 Å². The fourth-order valence-electron chi connectivity index (χ4n) is 1.76. The first-order valence-corrected chi connectivity index (χ1v) is 4.98. The van der Waals surface area contributed by atoms with E-state index in [0.29, 0.717) is 0 Å². The average molecular weight is 253 g/mol. The van der Waals surface area contributed by atoms with Crippen LogP contribution in [0.1, 0.15) is 0 Å². The summed E-state index contributed by atoms with van der Waals surface area (Å²) in [6.07, 6.45) is 0. The lowest BCUT2D eigenvalue weighted by Gasteiger charge is -2.04. The molecule has 0 bridgehead atoms. The minimum absolute atomic E-state index is 0.000463. The Labute approximate surface area is 99.7 Å². The molecule has 0 unspecified atom stereocenters. The first kappa shape index (κ1) is 11.9. The van der Waals surface area contributed by atoms with Crippen LogP contribution >= 0.6 is 0 Å². The number of aromatic nitrogens is 4. The van der Waals surface area contributed by atoms with Gasteiger partial charge in [-0.1, -0.05) is 0 Å². The molecule has 0 atom stereocenters. The van der Waals surface area contributed by atoms with Crippen molar-refractivity contribution in [3.05, 3.63) is 20.8 Å². The highest BCUT2D eigenvalue weighted by atomic mass is 16.4. The van der Waals surface area contributed by atoms with Gasteiger partial charge in [-0.3, -0.25) is 23.3 Å². The number of carboxylic acid groups (broad SMARTS) is 1. The third kappa shape index (κ3) is 1.48. The smallest absolute Gasteiger partial charge is 0.332 e. The summed E-state index contributed by atoms with van der Waals surface area (Å²) in [5.41, 5.74) is 4.46. The standard InChI is InChI=1S/C9H11N5O4/c1-12-6-5(7(17)13(2)9(12)18)14(3-4(15)16)8(10)11-6/h3H2,1-2H3,(H2,10,11)(H,15,16). The maximum Gasteiger partial charge on any atom is 0.332 e. The Hall–Kier alpha value is -2.58. The molecule has 0 fully saturated rings. The lowest BCUT2D eigenvalue weighted by atomic mass is 10.5. The number of fused-ring (bicyclic) bond motifs is 1. The van der Waals surface area contributed by atoms with Gasteiger partial charge in [0.25, 0.3) is 5.56 Å². The number of nitrogen functional groups attached to an aromatic ring is 1. The van der Waals surface area contributed by atoms with Crippen LogP contribution in [-0.4, -0.2) is 29.8 Å². The minimum Gasteiger partial charge on any atom is -0.480 e. The van der Waals surface area contributed by atoms with Gasteiger partial charge in [0.15, 0.2) is 11.2 Å². The number of rotatable bonds is 2. The van der Waals surface area contributed by atoms with Gasteiger partial charge < -0.3 is 10.8 Å². The molecule has 18 heavy (non-hydrogen) atoms. The second kappa shape index (κ2) is 3.72. The van der Waals surface area contributed by atoms with E-state index in [0.717, 1.165) is 13.7 Å². The maximum atomic E-state index is 12.0. The molecule has 0 radical (unpaired) electrons. The molecule has 0 saturated carbocycles. The fraction of sp³-hybridized carbons (Fsp3) is 0.333. The van der Waals surface area contributed by atoms with Crippen LogP contribution in [-0.2, 0) is 25.4 Å². The number of nitrogens with two attached hydrogens (primary N) is 1. The zero-order valence-electron chi connectivity index (χ0n) is 9.75. The fourth-order valence-corrected chi connectivity index (χ4v) is 1.76. The highest BCUT2D eigenvalue weighted by Gasteiger charge is 2.18. The first-order valence-electron chi connectivity index (χ1n) is 4.98. The molecule has 2 heterocycles. The summed E-state index contributed by atoms with van der Waals surface area (Å²) < 4.78 is 3.09. The van der Waals surface area contributed by atoms with Crippen LogP contribution in [0.15, 0.2) is 9.59 Å². The molecule has 0 saturated heterocycles. The van der Waals surface area contributed by atoms with Crippen molar-refractivity contribution in [2.45, 2.75) is 6.54 Å². The Morgan fingerprint density at radius 3 is 2.50 bits per heavy atom. The molecule has 3 N–H and O–H groups in total. The average Bonchev–Trinajstić information content (AvgIpc) is 2.61. The Morgan fingerprint density at radius 1 is 1.33 bits per heavy atom. The summed E-state index contributed by atoms with van der Waals surface area (Å²) in [4.78, 5) is 38.2. The van der Waals surface area contributed by atoms with Crippen LogP contribution in [0.25, 0.3) is 11.2 Å². The third-order valence-electron chi connectivity index (χ3n) is 2.67. The van der Waals surface area contributed by atoms with E-state index in [-0.39, 0.29) is 17.1 Å². The van der Waals surface area contributed by atoms with Crippen molar-refractivity contribution in [2.75, 3.05) is 5.73 Å². The van der Waals surface area contributed by atoms with Gasteiger partial charge in [0.05, 0.1) is 0 Å². The van der Waals surface area contributed by atoms with E-state index < -0.39 is 23.8 Å². The zero-order chi connectivity index (χ0) is 13.6. The topological polar surface area (TPSA) is 125 Å². The Morgan fingerprint density at radius 2 is 1.94 bits per heavy atom. The van der Waals surface area contributed by atoms with Gasteiger partial charge in [0.2, 0.25) is 5.95 Å². The number of hydrogen-bond donors (Lipinski definition) is 2. The summed E-state index contributed by atoms with van der Waals surface area (Å²) in [7, 11) is 2.74. The lowest BCUT2D eigenvalue weighted by molar-refractivity contribution is -0.137. The van der Waals surface area contributed by atoms with Crippen LogP contribution < -0.4 is 17.0 Å². The Kier molecular flexibility index (Phi) is 2.46. The van der Waals surface area contributed by atoms with E-state index in [2.05, 4.69) is 4.98 Å². The van der Waals surface area contributed by atoms with Crippen molar-refractivity contribution in [3.8, 4) is 0 Å².